The third-order valence-electron chi connectivity index (χ3n) is 4.45. The lowest BCUT2D eigenvalue weighted by molar-refractivity contribution is 0.180. The Morgan fingerprint density at radius 2 is 2.06 bits per heavy atom. The molecule has 3 atom stereocenters. The van der Waals surface area contributed by atoms with Crippen molar-refractivity contribution >= 4 is 0 Å². The normalized spacial score (nSPS) is 37.9. The first kappa shape index (κ1) is 12.4. The molecule has 0 spiro atoms. The first-order valence-electron chi connectivity index (χ1n) is 7.14. The van der Waals surface area contributed by atoms with E-state index in [1.807, 2.05) is 0 Å². The van der Waals surface area contributed by atoms with Gasteiger partial charge in [0.25, 0.3) is 0 Å². The molecule has 0 aromatic rings. The van der Waals surface area contributed by atoms with Gasteiger partial charge in [0, 0.05) is 18.6 Å². The summed E-state index contributed by atoms with van der Waals surface area (Å²) >= 11 is 0. The van der Waals surface area contributed by atoms with Crippen molar-refractivity contribution in [2.75, 3.05) is 19.6 Å². The molecule has 1 saturated heterocycles. The van der Waals surface area contributed by atoms with E-state index in [4.69, 9.17) is 0 Å². The monoisotopic (exact) mass is 224 g/mol. The molecule has 1 heterocycles. The zero-order chi connectivity index (χ0) is 11.5. The van der Waals surface area contributed by atoms with Gasteiger partial charge in [-0.1, -0.05) is 20.8 Å². The van der Waals surface area contributed by atoms with E-state index >= 15 is 0 Å². The Hall–Kier alpha value is -0.0800. The van der Waals surface area contributed by atoms with Gasteiger partial charge in [0.1, 0.15) is 0 Å². The maximum Gasteiger partial charge on any atom is 0.0218 e. The van der Waals surface area contributed by atoms with Crippen LogP contribution in [0.3, 0.4) is 0 Å². The molecule has 1 aliphatic heterocycles. The molecule has 1 N–H and O–H groups in total. The van der Waals surface area contributed by atoms with Gasteiger partial charge in [-0.15, -0.1) is 0 Å². The van der Waals surface area contributed by atoms with Gasteiger partial charge in [0.2, 0.25) is 0 Å². The largest absolute Gasteiger partial charge is 0.312 e. The predicted molar refractivity (Wildman–Crippen MR) is 69.6 cm³/mol. The van der Waals surface area contributed by atoms with Crippen LogP contribution in [0.2, 0.25) is 0 Å². The SMILES string of the molecule is CC1CCC(N2CCCNC(C(C)C)C2)C1. The third kappa shape index (κ3) is 2.98. The summed E-state index contributed by atoms with van der Waals surface area (Å²) in [5, 5.41) is 3.70. The summed E-state index contributed by atoms with van der Waals surface area (Å²) < 4.78 is 0. The molecule has 2 fully saturated rings. The Balaban J connectivity index is 1.92. The first-order valence-corrected chi connectivity index (χ1v) is 7.14. The topological polar surface area (TPSA) is 15.3 Å². The van der Waals surface area contributed by atoms with Crippen LogP contribution in [0.25, 0.3) is 0 Å². The van der Waals surface area contributed by atoms with Crippen molar-refractivity contribution in [2.45, 2.75) is 58.5 Å². The van der Waals surface area contributed by atoms with Gasteiger partial charge in [0.05, 0.1) is 0 Å². The Kier molecular flexibility index (Phi) is 4.26. The van der Waals surface area contributed by atoms with Crippen LogP contribution < -0.4 is 5.32 Å². The highest BCUT2D eigenvalue weighted by Gasteiger charge is 2.29. The minimum absolute atomic E-state index is 0.707. The summed E-state index contributed by atoms with van der Waals surface area (Å²) in [6, 6.07) is 1.59. The molecule has 2 nitrogen and oxygen atoms in total. The lowest BCUT2D eigenvalue weighted by Gasteiger charge is -2.31. The molecule has 0 aromatic carbocycles. The van der Waals surface area contributed by atoms with Crippen molar-refractivity contribution < 1.29 is 0 Å². The lowest BCUT2D eigenvalue weighted by Crippen LogP contribution is -2.44. The molecule has 1 saturated carbocycles. The molecule has 16 heavy (non-hydrogen) atoms. The van der Waals surface area contributed by atoms with Crippen LogP contribution in [0.1, 0.15) is 46.5 Å². The second kappa shape index (κ2) is 5.50. The van der Waals surface area contributed by atoms with Gasteiger partial charge in [-0.2, -0.15) is 0 Å². The van der Waals surface area contributed by atoms with Crippen molar-refractivity contribution in [1.29, 1.82) is 0 Å². The van der Waals surface area contributed by atoms with E-state index in [0.717, 1.165) is 17.9 Å². The second-order valence-corrected chi connectivity index (χ2v) is 6.23. The number of rotatable bonds is 2. The summed E-state index contributed by atoms with van der Waals surface area (Å²) in [6.45, 7) is 10.9. The van der Waals surface area contributed by atoms with Crippen molar-refractivity contribution in [3.63, 3.8) is 0 Å². The number of hydrogen-bond donors (Lipinski definition) is 1. The van der Waals surface area contributed by atoms with Crippen molar-refractivity contribution in [3.05, 3.63) is 0 Å². The molecule has 2 aliphatic rings. The standard InChI is InChI=1S/C14H28N2/c1-11(2)14-10-16(8-4-7-15-14)13-6-5-12(3)9-13/h11-15H,4-10H2,1-3H3. The second-order valence-electron chi connectivity index (χ2n) is 6.23. The maximum absolute atomic E-state index is 3.70. The molecule has 0 radical (unpaired) electrons. The van der Waals surface area contributed by atoms with Crippen LogP contribution in [0.15, 0.2) is 0 Å². The molecule has 0 bridgehead atoms. The highest BCUT2D eigenvalue weighted by Crippen LogP contribution is 2.29. The summed E-state index contributed by atoms with van der Waals surface area (Å²) in [6.07, 6.45) is 5.64. The van der Waals surface area contributed by atoms with Gasteiger partial charge in [0.15, 0.2) is 0 Å². The number of nitrogens with one attached hydrogen (secondary N) is 1. The van der Waals surface area contributed by atoms with Gasteiger partial charge in [-0.25, -0.2) is 0 Å². The molecule has 0 aromatic heterocycles. The fraction of sp³-hybridized carbons (Fsp3) is 1.00. The highest BCUT2D eigenvalue weighted by molar-refractivity contribution is 4.86. The fourth-order valence-electron chi connectivity index (χ4n) is 3.26. The average molecular weight is 224 g/mol. The van der Waals surface area contributed by atoms with Crippen LogP contribution in [0.5, 0.6) is 0 Å². The van der Waals surface area contributed by atoms with E-state index in [9.17, 15) is 0 Å². The minimum Gasteiger partial charge on any atom is -0.312 e. The summed E-state index contributed by atoms with van der Waals surface area (Å²) in [4.78, 5) is 2.77. The van der Waals surface area contributed by atoms with Gasteiger partial charge in [-0.3, -0.25) is 4.90 Å². The fourth-order valence-corrected chi connectivity index (χ4v) is 3.26. The smallest absolute Gasteiger partial charge is 0.0218 e. The quantitative estimate of drug-likeness (QED) is 0.775. The van der Waals surface area contributed by atoms with E-state index in [1.54, 1.807) is 0 Å². The van der Waals surface area contributed by atoms with Crippen LogP contribution in [-0.2, 0) is 0 Å². The Bertz CT molecular complexity index is 215. The maximum atomic E-state index is 3.70. The third-order valence-corrected chi connectivity index (χ3v) is 4.45. The summed E-state index contributed by atoms with van der Waals surface area (Å²) in [5.41, 5.74) is 0. The van der Waals surface area contributed by atoms with Crippen molar-refractivity contribution in [3.8, 4) is 0 Å². The first-order chi connectivity index (χ1) is 7.66. The van der Waals surface area contributed by atoms with Gasteiger partial charge < -0.3 is 5.32 Å². The zero-order valence-corrected chi connectivity index (χ0v) is 11.2. The molecule has 1 aliphatic carbocycles. The van der Waals surface area contributed by atoms with Gasteiger partial charge >= 0.3 is 0 Å². The van der Waals surface area contributed by atoms with Gasteiger partial charge in [-0.05, 0) is 50.6 Å². The summed E-state index contributed by atoms with van der Waals surface area (Å²) in [7, 11) is 0. The molecular formula is C14H28N2. The molecule has 94 valence electrons. The van der Waals surface area contributed by atoms with Crippen molar-refractivity contribution in [2.24, 2.45) is 11.8 Å². The van der Waals surface area contributed by atoms with Crippen LogP contribution in [0.4, 0.5) is 0 Å². The van der Waals surface area contributed by atoms with E-state index in [1.165, 1.54) is 45.3 Å². The molecular weight excluding hydrogens is 196 g/mol. The summed E-state index contributed by atoms with van der Waals surface area (Å²) in [5.74, 6) is 1.72. The molecule has 0 amide bonds. The van der Waals surface area contributed by atoms with E-state index < -0.39 is 0 Å². The Labute approximate surface area is 101 Å². The number of hydrogen-bond acceptors (Lipinski definition) is 2. The Morgan fingerprint density at radius 1 is 1.25 bits per heavy atom. The van der Waals surface area contributed by atoms with E-state index in [2.05, 4.69) is 31.0 Å². The molecule has 3 unspecified atom stereocenters. The van der Waals surface area contributed by atoms with E-state index in [-0.39, 0.29) is 0 Å². The molecule has 2 rings (SSSR count). The minimum atomic E-state index is 0.707. The average Bonchev–Trinajstić information content (AvgIpc) is 2.54. The highest BCUT2D eigenvalue weighted by atomic mass is 15.2. The van der Waals surface area contributed by atoms with E-state index in [0.29, 0.717) is 6.04 Å². The molecule has 2 heteroatoms. The lowest BCUT2D eigenvalue weighted by atomic mass is 10.0. The van der Waals surface area contributed by atoms with Crippen molar-refractivity contribution in [1.82, 2.24) is 10.2 Å². The van der Waals surface area contributed by atoms with Crippen LogP contribution in [-0.4, -0.2) is 36.6 Å². The zero-order valence-electron chi connectivity index (χ0n) is 11.2. The van der Waals surface area contributed by atoms with Crippen LogP contribution in [0, 0.1) is 11.8 Å². The van der Waals surface area contributed by atoms with Crippen LogP contribution >= 0.6 is 0 Å². The number of nitrogens with zero attached hydrogens (tertiary/aromatic N) is 1. The predicted octanol–water partition coefficient (Wildman–Crippen LogP) is 2.49. The Morgan fingerprint density at radius 3 is 2.69 bits per heavy atom.